The first kappa shape index (κ1) is 12.0. The van der Waals surface area contributed by atoms with E-state index in [0.717, 1.165) is 11.5 Å². The molecule has 0 N–H and O–H groups in total. The quantitative estimate of drug-likeness (QED) is 0.451. The van der Waals surface area contributed by atoms with Gasteiger partial charge in [0.1, 0.15) is 0 Å². The fraction of sp³-hybridized carbons (Fsp3) is 0.375. The zero-order valence-corrected chi connectivity index (χ0v) is 7.77. The molecule has 0 aliphatic carbocycles. The molecule has 0 fully saturated rings. The van der Waals surface area contributed by atoms with Crippen molar-refractivity contribution in [2.45, 2.75) is 20.8 Å². The van der Waals surface area contributed by atoms with Gasteiger partial charge in [-0.1, -0.05) is 0 Å². The van der Waals surface area contributed by atoms with Gasteiger partial charge < -0.3 is 0 Å². The second-order valence-electron chi connectivity index (χ2n) is 2.60. The summed E-state index contributed by atoms with van der Waals surface area (Å²) in [7, 11) is -3.67. The van der Waals surface area contributed by atoms with Gasteiger partial charge in [0.2, 0.25) is 0 Å². The second-order valence-corrected chi connectivity index (χ2v) is 2.60. The van der Waals surface area contributed by atoms with Crippen LogP contribution < -0.4 is 0 Å². The Kier molecular flexibility index (Phi) is 5.19. The van der Waals surface area contributed by atoms with Gasteiger partial charge in [-0.2, -0.15) is 0 Å². The van der Waals surface area contributed by atoms with Crippen LogP contribution in [0.1, 0.15) is 17.1 Å². The largest absolute Gasteiger partial charge is 0.762 e. The van der Waals surface area contributed by atoms with Gasteiger partial charge in [-0.15, -0.1) is 0 Å². The monoisotopic (exact) mass is 191 g/mol. The van der Waals surface area contributed by atoms with E-state index in [4.69, 9.17) is 4.42 Å². The molecule has 1 nitrogen and oxygen atoms in total. The molecule has 0 aromatic carbocycles. The van der Waals surface area contributed by atoms with Crippen molar-refractivity contribution in [3.63, 3.8) is 0 Å². The van der Waals surface area contributed by atoms with E-state index in [0.29, 0.717) is 0 Å². The van der Waals surface area contributed by atoms with Crippen molar-refractivity contribution in [3.8, 4) is 0 Å². The van der Waals surface area contributed by atoms with Crippen LogP contribution in [-0.2, 0) is 0 Å². The van der Waals surface area contributed by atoms with Gasteiger partial charge >= 0.3 is 19.1 Å². The highest BCUT2D eigenvalue weighted by Gasteiger charge is 2.06. The zero-order valence-electron chi connectivity index (χ0n) is 7.77. The van der Waals surface area contributed by atoms with Crippen LogP contribution in [0.15, 0.2) is 16.5 Å². The summed E-state index contributed by atoms with van der Waals surface area (Å²) < 4.78 is 34.3. The number of hydrogen-bond acceptors (Lipinski definition) is 0. The van der Waals surface area contributed by atoms with Crippen molar-refractivity contribution < 1.29 is 17.4 Å². The van der Waals surface area contributed by atoms with Crippen molar-refractivity contribution in [1.29, 1.82) is 0 Å². The molecular formula is C8H11BF3O+. The van der Waals surface area contributed by atoms with E-state index in [1.54, 1.807) is 0 Å². The summed E-state index contributed by atoms with van der Waals surface area (Å²) in [5, 5.41) is 0. The smallest absolute Gasteiger partial charge is 0.254 e. The predicted octanol–water partition coefficient (Wildman–Crippen LogP) is 3.37. The second kappa shape index (κ2) is 5.62. The molecule has 0 bridgehead atoms. The maximum Gasteiger partial charge on any atom is 0.762 e. The van der Waals surface area contributed by atoms with Crippen LogP contribution in [0, 0.1) is 20.8 Å². The van der Waals surface area contributed by atoms with Crippen LogP contribution in [0.4, 0.5) is 12.9 Å². The molecule has 1 heterocycles. The van der Waals surface area contributed by atoms with Gasteiger partial charge in [0.05, 0.1) is 13.8 Å². The van der Waals surface area contributed by atoms with Gasteiger partial charge in [0.25, 0.3) is 0 Å². The Labute approximate surface area is 75.8 Å². The molecule has 0 unspecified atom stereocenters. The van der Waals surface area contributed by atoms with Crippen LogP contribution in [0.25, 0.3) is 0 Å². The topological polar surface area (TPSA) is 11.3 Å². The van der Waals surface area contributed by atoms with E-state index in [9.17, 15) is 12.9 Å². The molecule has 0 aliphatic rings. The Morgan fingerprint density at radius 2 is 1.31 bits per heavy atom. The minimum absolute atomic E-state index is 0.979. The van der Waals surface area contributed by atoms with E-state index in [1.807, 2.05) is 26.0 Å². The van der Waals surface area contributed by atoms with E-state index < -0.39 is 7.54 Å². The molecule has 0 saturated carbocycles. The molecule has 0 aliphatic heterocycles. The van der Waals surface area contributed by atoms with Gasteiger partial charge in [0, 0.05) is 12.1 Å². The maximum atomic E-state index is 9.67. The minimum atomic E-state index is -3.67. The average molecular weight is 191 g/mol. The molecule has 1 aromatic rings. The first-order valence-corrected chi connectivity index (χ1v) is 3.72. The zero-order chi connectivity index (χ0) is 10.4. The van der Waals surface area contributed by atoms with Gasteiger partial charge in [-0.3, -0.25) is 12.9 Å². The summed E-state index contributed by atoms with van der Waals surface area (Å²) in [6, 6.07) is 4.04. The summed E-state index contributed by atoms with van der Waals surface area (Å²) in [6.45, 7) is 5.98. The normalized spacial score (nSPS) is 8.77. The molecule has 0 spiro atoms. The number of rotatable bonds is 0. The van der Waals surface area contributed by atoms with Crippen LogP contribution in [0.5, 0.6) is 0 Å². The minimum Gasteiger partial charge on any atom is -0.254 e. The molecule has 0 radical (unpaired) electrons. The lowest BCUT2D eigenvalue weighted by Gasteiger charge is -1.84. The lowest BCUT2D eigenvalue weighted by atomic mass is 10.2. The Hall–Kier alpha value is -0.995. The summed E-state index contributed by atoms with van der Waals surface area (Å²) in [6.07, 6.45) is 0. The first-order chi connectivity index (χ1) is 5.91. The molecule has 72 valence electrons. The SMILES string of the molecule is Cc1cc(C)[o+]c(C)c1.FB(F)F. The van der Waals surface area contributed by atoms with Crippen molar-refractivity contribution in [1.82, 2.24) is 0 Å². The highest BCUT2D eigenvalue weighted by Crippen LogP contribution is 2.06. The lowest BCUT2D eigenvalue weighted by molar-refractivity contribution is 0.484. The van der Waals surface area contributed by atoms with Gasteiger partial charge in [0.15, 0.2) is 0 Å². The average Bonchev–Trinajstić information content (AvgIpc) is 1.80. The molecule has 1 aromatic heterocycles. The van der Waals surface area contributed by atoms with Crippen molar-refractivity contribution >= 4 is 7.54 Å². The third kappa shape index (κ3) is 7.37. The fourth-order valence-electron chi connectivity index (χ4n) is 0.996. The molecule has 13 heavy (non-hydrogen) atoms. The van der Waals surface area contributed by atoms with Crippen LogP contribution >= 0.6 is 0 Å². The van der Waals surface area contributed by atoms with Crippen molar-refractivity contribution in [2.24, 2.45) is 0 Å². The summed E-state index contributed by atoms with van der Waals surface area (Å²) in [5.41, 5.74) is 1.26. The van der Waals surface area contributed by atoms with E-state index in [1.165, 1.54) is 5.56 Å². The standard InChI is InChI=1S/C8H11O.BF3/c1-6-4-7(2)9-8(3)5-6;2-1(3)4/h4-5H,1-3H3;/q+1;. The molecule has 0 saturated heterocycles. The number of halogens is 3. The predicted molar refractivity (Wildman–Crippen MR) is 46.4 cm³/mol. The number of aryl methyl sites for hydroxylation is 3. The summed E-state index contributed by atoms with van der Waals surface area (Å²) in [4.78, 5) is 0. The molecule has 0 atom stereocenters. The van der Waals surface area contributed by atoms with Gasteiger partial charge in [-0.05, 0) is 12.5 Å². The fourth-order valence-corrected chi connectivity index (χ4v) is 0.996. The first-order valence-electron chi connectivity index (χ1n) is 3.72. The summed E-state index contributed by atoms with van der Waals surface area (Å²) in [5.74, 6) is 1.96. The third-order valence-electron chi connectivity index (χ3n) is 1.18. The number of hydrogen-bond donors (Lipinski definition) is 0. The molecular weight excluding hydrogens is 180 g/mol. The Morgan fingerprint density at radius 3 is 1.54 bits per heavy atom. The van der Waals surface area contributed by atoms with E-state index in [-0.39, 0.29) is 0 Å². The molecule has 0 amide bonds. The van der Waals surface area contributed by atoms with E-state index in [2.05, 4.69) is 6.92 Å². The highest BCUT2D eigenvalue weighted by atomic mass is 19.4. The van der Waals surface area contributed by atoms with Crippen LogP contribution in [0.2, 0.25) is 0 Å². The lowest BCUT2D eigenvalue weighted by Crippen LogP contribution is -1.78. The highest BCUT2D eigenvalue weighted by molar-refractivity contribution is 6.33. The van der Waals surface area contributed by atoms with Gasteiger partial charge in [-0.25, -0.2) is 4.42 Å². The molecule has 1 rings (SSSR count). The van der Waals surface area contributed by atoms with E-state index >= 15 is 0 Å². The van der Waals surface area contributed by atoms with Crippen molar-refractivity contribution in [3.05, 3.63) is 29.2 Å². The summed E-state index contributed by atoms with van der Waals surface area (Å²) >= 11 is 0. The maximum absolute atomic E-state index is 9.67. The Bertz CT molecular complexity index is 212. The van der Waals surface area contributed by atoms with Crippen LogP contribution in [0.3, 0.4) is 0 Å². The Morgan fingerprint density at radius 1 is 1.00 bits per heavy atom. The third-order valence-corrected chi connectivity index (χ3v) is 1.18. The van der Waals surface area contributed by atoms with Crippen molar-refractivity contribution in [2.75, 3.05) is 0 Å². The Balaban J connectivity index is 0.000000310. The van der Waals surface area contributed by atoms with Crippen LogP contribution in [-0.4, -0.2) is 7.54 Å². The molecule has 5 heteroatoms.